The number of benzene rings is 3. The summed E-state index contributed by atoms with van der Waals surface area (Å²) in [6, 6.07) is 20.2. The van der Waals surface area contributed by atoms with Crippen LogP contribution in [-0.2, 0) is 4.74 Å². The van der Waals surface area contributed by atoms with Crippen molar-refractivity contribution < 1.29 is 23.8 Å². The molecule has 4 aromatic rings. The molecule has 0 amide bonds. The number of aromatic hydroxyl groups is 1. The van der Waals surface area contributed by atoms with E-state index in [1.807, 2.05) is 6.07 Å². The van der Waals surface area contributed by atoms with Gasteiger partial charge in [0.25, 0.3) is 0 Å². The third-order valence-electron chi connectivity index (χ3n) is 4.60. The van der Waals surface area contributed by atoms with Crippen molar-refractivity contribution in [3.63, 3.8) is 0 Å². The number of pyridine rings is 1. The molecule has 0 aliphatic carbocycles. The third kappa shape index (κ3) is 4.03. The maximum Gasteiger partial charge on any atom is 0.339 e. The standard InChI is InChI=1S/C24H16FNO4/c25-17-9-5-16(6-10-17)23(28)14-30-24(29)20-13-22(15-7-11-18(27)12-8-15)26-21-4-2-1-3-19(20)21/h1-13,27H,14H2. The first-order chi connectivity index (χ1) is 14.5. The Hall–Kier alpha value is -4.06. The highest BCUT2D eigenvalue weighted by Crippen LogP contribution is 2.26. The number of hydrogen-bond donors (Lipinski definition) is 1. The lowest BCUT2D eigenvalue weighted by atomic mass is 10.0. The summed E-state index contributed by atoms with van der Waals surface area (Å²) in [7, 11) is 0. The van der Waals surface area contributed by atoms with E-state index in [0.29, 0.717) is 16.6 Å². The van der Waals surface area contributed by atoms with Crippen molar-refractivity contribution in [2.45, 2.75) is 0 Å². The molecule has 1 heterocycles. The first-order valence-electron chi connectivity index (χ1n) is 9.16. The minimum atomic E-state index is -0.663. The van der Waals surface area contributed by atoms with Gasteiger partial charge in [0.1, 0.15) is 11.6 Å². The van der Waals surface area contributed by atoms with Crippen LogP contribution in [0.5, 0.6) is 5.75 Å². The van der Waals surface area contributed by atoms with Crippen molar-refractivity contribution in [3.8, 4) is 17.0 Å². The summed E-state index contributed by atoms with van der Waals surface area (Å²) in [5.41, 5.74) is 2.38. The molecular formula is C24H16FNO4. The number of Topliss-reactive ketones (excluding diaryl/α,β-unsaturated/α-hetero) is 1. The Morgan fingerprint density at radius 3 is 2.37 bits per heavy atom. The lowest BCUT2D eigenvalue weighted by Gasteiger charge is -2.10. The Morgan fingerprint density at radius 2 is 1.63 bits per heavy atom. The molecule has 5 nitrogen and oxygen atoms in total. The number of phenols is 1. The first kappa shape index (κ1) is 19.3. The second kappa shape index (κ2) is 8.13. The second-order valence-corrected chi connectivity index (χ2v) is 6.63. The Balaban J connectivity index is 1.63. The average molecular weight is 401 g/mol. The van der Waals surface area contributed by atoms with E-state index in [2.05, 4.69) is 4.98 Å². The summed E-state index contributed by atoms with van der Waals surface area (Å²) in [6.07, 6.45) is 0. The number of halogens is 1. The molecule has 0 aliphatic heterocycles. The van der Waals surface area contributed by atoms with Crippen LogP contribution in [0.4, 0.5) is 4.39 Å². The lowest BCUT2D eigenvalue weighted by Crippen LogP contribution is -2.15. The van der Waals surface area contributed by atoms with Gasteiger partial charge in [0, 0.05) is 16.5 Å². The number of carbonyl (C=O) groups excluding carboxylic acids is 2. The molecule has 0 atom stereocenters. The third-order valence-corrected chi connectivity index (χ3v) is 4.60. The molecule has 0 radical (unpaired) electrons. The van der Waals surface area contributed by atoms with Crippen molar-refractivity contribution in [1.29, 1.82) is 0 Å². The monoisotopic (exact) mass is 401 g/mol. The van der Waals surface area contributed by atoms with Crippen molar-refractivity contribution in [2.24, 2.45) is 0 Å². The van der Waals surface area contributed by atoms with Crippen LogP contribution in [0, 0.1) is 5.82 Å². The second-order valence-electron chi connectivity index (χ2n) is 6.63. The molecule has 30 heavy (non-hydrogen) atoms. The van der Waals surface area contributed by atoms with Gasteiger partial charge in [0.15, 0.2) is 12.4 Å². The molecule has 0 spiro atoms. The van der Waals surface area contributed by atoms with E-state index in [1.165, 1.54) is 36.4 Å². The van der Waals surface area contributed by atoms with Crippen molar-refractivity contribution in [3.05, 3.63) is 95.8 Å². The van der Waals surface area contributed by atoms with E-state index in [4.69, 9.17) is 4.74 Å². The number of phenolic OH excluding ortho intramolecular Hbond substituents is 1. The van der Waals surface area contributed by atoms with Gasteiger partial charge in [0.05, 0.1) is 16.8 Å². The Morgan fingerprint density at radius 1 is 0.933 bits per heavy atom. The van der Waals surface area contributed by atoms with E-state index in [0.717, 1.165) is 5.56 Å². The topological polar surface area (TPSA) is 76.5 Å². The number of fused-ring (bicyclic) bond motifs is 1. The highest BCUT2D eigenvalue weighted by atomic mass is 19.1. The molecule has 148 valence electrons. The molecule has 1 aromatic heterocycles. The predicted octanol–water partition coefficient (Wildman–Crippen LogP) is 4.79. The summed E-state index contributed by atoms with van der Waals surface area (Å²) in [4.78, 5) is 29.6. The number of esters is 1. The molecule has 0 unspecified atom stereocenters. The van der Waals surface area contributed by atoms with Gasteiger partial charge in [0.2, 0.25) is 0 Å². The predicted molar refractivity (Wildman–Crippen MR) is 110 cm³/mol. The summed E-state index contributed by atoms with van der Waals surface area (Å²) in [5, 5.41) is 10.1. The minimum absolute atomic E-state index is 0.124. The summed E-state index contributed by atoms with van der Waals surface area (Å²) in [5.74, 6) is -1.42. The molecule has 0 bridgehead atoms. The molecule has 0 fully saturated rings. The largest absolute Gasteiger partial charge is 0.508 e. The number of nitrogens with zero attached hydrogens (tertiary/aromatic N) is 1. The fraction of sp³-hybridized carbons (Fsp3) is 0.0417. The fourth-order valence-electron chi connectivity index (χ4n) is 3.05. The van der Waals surface area contributed by atoms with E-state index < -0.39 is 24.2 Å². The summed E-state index contributed by atoms with van der Waals surface area (Å²) < 4.78 is 18.3. The fourth-order valence-corrected chi connectivity index (χ4v) is 3.05. The molecule has 0 aliphatic rings. The van der Waals surface area contributed by atoms with Gasteiger partial charge in [-0.05, 0) is 60.7 Å². The van der Waals surface area contributed by atoms with Gasteiger partial charge in [-0.25, -0.2) is 14.2 Å². The number of carbonyl (C=O) groups is 2. The molecule has 0 saturated carbocycles. The van der Waals surface area contributed by atoms with Crippen LogP contribution < -0.4 is 0 Å². The van der Waals surface area contributed by atoms with E-state index in [-0.39, 0.29) is 16.9 Å². The van der Waals surface area contributed by atoms with E-state index >= 15 is 0 Å². The highest BCUT2D eigenvalue weighted by molar-refractivity contribution is 6.06. The smallest absolute Gasteiger partial charge is 0.339 e. The SMILES string of the molecule is O=C(COC(=O)c1cc(-c2ccc(O)cc2)nc2ccccc12)c1ccc(F)cc1. The number of ketones is 1. The average Bonchev–Trinajstić information content (AvgIpc) is 2.77. The van der Waals surface area contributed by atoms with Gasteiger partial charge >= 0.3 is 5.97 Å². The van der Waals surface area contributed by atoms with E-state index in [1.54, 1.807) is 36.4 Å². The first-order valence-corrected chi connectivity index (χ1v) is 9.16. The lowest BCUT2D eigenvalue weighted by molar-refractivity contribution is 0.0476. The van der Waals surface area contributed by atoms with Crippen molar-refractivity contribution in [1.82, 2.24) is 4.98 Å². The molecule has 4 rings (SSSR count). The normalized spacial score (nSPS) is 10.7. The maximum absolute atomic E-state index is 13.0. The Labute approximate surface area is 171 Å². The van der Waals surface area contributed by atoms with Crippen LogP contribution in [-0.4, -0.2) is 28.4 Å². The van der Waals surface area contributed by atoms with Crippen molar-refractivity contribution >= 4 is 22.7 Å². The van der Waals surface area contributed by atoms with Gasteiger partial charge in [-0.1, -0.05) is 18.2 Å². The number of rotatable bonds is 5. The number of hydrogen-bond acceptors (Lipinski definition) is 5. The molecule has 0 saturated heterocycles. The Kier molecular flexibility index (Phi) is 5.22. The van der Waals surface area contributed by atoms with Crippen LogP contribution in [0.2, 0.25) is 0 Å². The van der Waals surface area contributed by atoms with Crippen molar-refractivity contribution in [2.75, 3.05) is 6.61 Å². The van der Waals surface area contributed by atoms with E-state index in [9.17, 15) is 19.1 Å². The molecule has 1 N–H and O–H groups in total. The van der Waals surface area contributed by atoms with Crippen LogP contribution in [0.25, 0.3) is 22.2 Å². The highest BCUT2D eigenvalue weighted by Gasteiger charge is 2.17. The number of aromatic nitrogens is 1. The van der Waals surface area contributed by atoms with Crippen LogP contribution in [0.15, 0.2) is 78.9 Å². The maximum atomic E-state index is 13.0. The molecule has 3 aromatic carbocycles. The summed E-state index contributed by atoms with van der Waals surface area (Å²) in [6.45, 7) is -0.463. The van der Waals surface area contributed by atoms with Gasteiger partial charge < -0.3 is 9.84 Å². The molecular weight excluding hydrogens is 385 g/mol. The van der Waals surface area contributed by atoms with Gasteiger partial charge in [-0.3, -0.25) is 4.79 Å². The molecule has 6 heteroatoms. The van der Waals surface area contributed by atoms with Crippen LogP contribution in [0.3, 0.4) is 0 Å². The van der Waals surface area contributed by atoms with Gasteiger partial charge in [-0.15, -0.1) is 0 Å². The Bertz CT molecular complexity index is 1230. The zero-order valence-electron chi connectivity index (χ0n) is 15.7. The summed E-state index contributed by atoms with van der Waals surface area (Å²) >= 11 is 0. The zero-order chi connectivity index (χ0) is 21.1. The number of ether oxygens (including phenoxy) is 1. The minimum Gasteiger partial charge on any atom is -0.508 e. The van der Waals surface area contributed by atoms with Crippen LogP contribution >= 0.6 is 0 Å². The zero-order valence-corrected chi connectivity index (χ0v) is 15.7. The quantitative estimate of drug-likeness (QED) is 0.384. The van der Waals surface area contributed by atoms with Crippen LogP contribution in [0.1, 0.15) is 20.7 Å². The number of para-hydroxylation sites is 1. The van der Waals surface area contributed by atoms with Gasteiger partial charge in [-0.2, -0.15) is 0 Å².